The molecular weight excluding hydrogens is 240 g/mol. The molecule has 2 rings (SSSR count). The number of hydrogen-bond donors (Lipinski definition) is 1. The van der Waals surface area contributed by atoms with Crippen molar-refractivity contribution in [1.82, 2.24) is 14.8 Å². The second kappa shape index (κ2) is 4.96. The van der Waals surface area contributed by atoms with Crippen molar-refractivity contribution in [2.75, 3.05) is 19.5 Å². The van der Waals surface area contributed by atoms with E-state index in [0.29, 0.717) is 10.9 Å². The Labute approximate surface area is 103 Å². The molecule has 1 N–H and O–H groups in total. The molecular formula is C10H12N4O2S. The lowest BCUT2D eigenvalue weighted by Gasteiger charge is -2.13. The van der Waals surface area contributed by atoms with Crippen molar-refractivity contribution in [3.8, 4) is 11.5 Å². The van der Waals surface area contributed by atoms with E-state index in [4.69, 9.17) is 9.47 Å². The van der Waals surface area contributed by atoms with Crippen LogP contribution in [0, 0.1) is 6.92 Å². The molecule has 2 aromatic rings. The number of anilines is 2. The Bertz CT molecular complexity index is 501. The summed E-state index contributed by atoms with van der Waals surface area (Å²) in [4.78, 5) is 0. The first-order valence-electron chi connectivity index (χ1n) is 4.89. The zero-order chi connectivity index (χ0) is 12.3. The maximum atomic E-state index is 5.31. The van der Waals surface area contributed by atoms with E-state index < -0.39 is 0 Å². The zero-order valence-electron chi connectivity index (χ0n) is 9.72. The molecule has 7 heteroatoms. The van der Waals surface area contributed by atoms with Gasteiger partial charge in [0, 0.05) is 17.6 Å². The second-order valence-corrected chi connectivity index (χ2v) is 4.05. The lowest BCUT2D eigenvalue weighted by Crippen LogP contribution is -1.98. The summed E-state index contributed by atoms with van der Waals surface area (Å²) in [5.74, 6) is 1.44. The number of nitrogens with one attached hydrogen (secondary N) is 1. The van der Waals surface area contributed by atoms with E-state index in [1.54, 1.807) is 14.2 Å². The summed E-state index contributed by atoms with van der Waals surface area (Å²) < 4.78 is 14.2. The van der Waals surface area contributed by atoms with E-state index in [1.807, 2.05) is 19.1 Å². The number of methoxy groups -OCH3 is 2. The quantitative estimate of drug-likeness (QED) is 0.897. The molecule has 0 atom stereocenters. The van der Waals surface area contributed by atoms with Crippen molar-refractivity contribution in [2.24, 2.45) is 0 Å². The smallest absolute Gasteiger partial charge is 0.229 e. The van der Waals surface area contributed by atoms with Crippen LogP contribution in [-0.2, 0) is 0 Å². The fourth-order valence-electron chi connectivity index (χ4n) is 1.45. The molecule has 0 saturated heterocycles. The number of benzene rings is 1. The molecule has 1 aromatic carbocycles. The molecule has 6 nitrogen and oxygen atoms in total. The van der Waals surface area contributed by atoms with Crippen LogP contribution >= 0.6 is 11.5 Å². The van der Waals surface area contributed by atoms with E-state index in [9.17, 15) is 0 Å². The third-order valence-electron chi connectivity index (χ3n) is 2.26. The van der Waals surface area contributed by atoms with Crippen molar-refractivity contribution in [3.05, 3.63) is 17.7 Å². The summed E-state index contributed by atoms with van der Waals surface area (Å²) in [6, 6.07) is 3.73. The van der Waals surface area contributed by atoms with Gasteiger partial charge in [-0.05, 0) is 23.8 Å². The molecule has 17 heavy (non-hydrogen) atoms. The minimum absolute atomic E-state index is 0.622. The van der Waals surface area contributed by atoms with Crippen molar-refractivity contribution in [1.29, 1.82) is 0 Å². The number of aryl methyl sites for hydroxylation is 1. The number of rotatable bonds is 4. The van der Waals surface area contributed by atoms with Gasteiger partial charge < -0.3 is 14.8 Å². The third kappa shape index (κ3) is 2.44. The van der Waals surface area contributed by atoms with Gasteiger partial charge in [0.05, 0.1) is 19.9 Å². The minimum atomic E-state index is 0.622. The van der Waals surface area contributed by atoms with Gasteiger partial charge in [0.1, 0.15) is 11.5 Å². The molecule has 0 fully saturated rings. The molecule has 0 spiro atoms. The summed E-state index contributed by atoms with van der Waals surface area (Å²) in [7, 11) is 3.23. The van der Waals surface area contributed by atoms with Crippen molar-refractivity contribution < 1.29 is 9.47 Å². The first-order chi connectivity index (χ1) is 8.24. The molecule has 0 aliphatic heterocycles. The van der Waals surface area contributed by atoms with Crippen molar-refractivity contribution in [3.63, 3.8) is 0 Å². The highest BCUT2D eigenvalue weighted by atomic mass is 32.1. The lowest BCUT2D eigenvalue weighted by atomic mass is 10.1. The van der Waals surface area contributed by atoms with E-state index in [1.165, 1.54) is 11.5 Å². The number of ether oxygens (including phenoxy) is 2. The lowest BCUT2D eigenvalue weighted by molar-refractivity contribution is 0.395. The molecule has 0 saturated carbocycles. The number of nitrogens with zero attached hydrogens (tertiary/aromatic N) is 3. The average molecular weight is 252 g/mol. The molecule has 0 radical (unpaired) electrons. The topological polar surface area (TPSA) is 69.2 Å². The van der Waals surface area contributed by atoms with Gasteiger partial charge in [-0.25, -0.2) is 0 Å². The Morgan fingerprint density at radius 2 is 2.06 bits per heavy atom. The van der Waals surface area contributed by atoms with Gasteiger partial charge in [-0.1, -0.05) is 9.59 Å². The first kappa shape index (κ1) is 11.6. The van der Waals surface area contributed by atoms with Crippen LogP contribution in [0.15, 0.2) is 12.1 Å². The van der Waals surface area contributed by atoms with Gasteiger partial charge in [-0.3, -0.25) is 0 Å². The molecule has 0 amide bonds. The van der Waals surface area contributed by atoms with Gasteiger partial charge in [0.15, 0.2) is 0 Å². The van der Waals surface area contributed by atoms with Crippen LogP contribution in [-0.4, -0.2) is 29.0 Å². The number of aromatic nitrogens is 3. The van der Waals surface area contributed by atoms with Crippen LogP contribution in [0.4, 0.5) is 10.8 Å². The Hall–Kier alpha value is -1.89. The molecule has 1 aromatic heterocycles. The van der Waals surface area contributed by atoms with Crippen LogP contribution in [0.3, 0.4) is 0 Å². The maximum absolute atomic E-state index is 5.31. The highest BCUT2D eigenvalue weighted by Crippen LogP contribution is 2.35. The fourth-order valence-corrected chi connectivity index (χ4v) is 1.82. The van der Waals surface area contributed by atoms with E-state index in [0.717, 1.165) is 17.0 Å². The zero-order valence-corrected chi connectivity index (χ0v) is 10.5. The predicted octanol–water partition coefficient (Wildman–Crippen LogP) is 2.00. The first-order valence-corrected chi connectivity index (χ1v) is 5.66. The Kier molecular flexibility index (Phi) is 3.38. The van der Waals surface area contributed by atoms with Crippen LogP contribution in [0.25, 0.3) is 0 Å². The average Bonchev–Trinajstić information content (AvgIpc) is 2.84. The Balaban J connectivity index is 2.38. The molecule has 1 heterocycles. The monoisotopic (exact) mass is 252 g/mol. The predicted molar refractivity (Wildman–Crippen MR) is 65.3 cm³/mol. The normalized spacial score (nSPS) is 10.1. The van der Waals surface area contributed by atoms with Crippen LogP contribution in [0.5, 0.6) is 11.5 Å². The standard InChI is InChI=1S/C10H12N4O2S/c1-6-4-7(15-2)5-8(16-3)9(6)11-10-12-13-14-17-10/h4-5H,1-3H3,(H,11,12,14). The van der Waals surface area contributed by atoms with Gasteiger partial charge in [0.2, 0.25) is 5.13 Å². The van der Waals surface area contributed by atoms with E-state index in [2.05, 4.69) is 20.1 Å². The SMILES string of the molecule is COc1cc(C)c(Nc2nnns2)c(OC)c1. The number of hydrogen-bond acceptors (Lipinski definition) is 7. The van der Waals surface area contributed by atoms with Crippen molar-refractivity contribution >= 4 is 22.4 Å². The summed E-state index contributed by atoms with van der Waals surface area (Å²) in [5, 5.41) is 11.1. The molecule has 0 aliphatic rings. The van der Waals surface area contributed by atoms with Crippen LogP contribution in [0.1, 0.15) is 5.56 Å². The third-order valence-corrected chi connectivity index (χ3v) is 2.77. The summed E-state index contributed by atoms with van der Waals surface area (Å²) in [5.41, 5.74) is 1.84. The molecule has 0 unspecified atom stereocenters. The molecule has 90 valence electrons. The molecule has 0 aliphatic carbocycles. The molecule has 0 bridgehead atoms. The van der Waals surface area contributed by atoms with Crippen LogP contribution in [0.2, 0.25) is 0 Å². The van der Waals surface area contributed by atoms with E-state index in [-0.39, 0.29) is 0 Å². The Morgan fingerprint density at radius 3 is 2.65 bits per heavy atom. The summed E-state index contributed by atoms with van der Waals surface area (Å²) >= 11 is 1.19. The van der Waals surface area contributed by atoms with Gasteiger partial charge in [-0.15, -0.1) is 0 Å². The highest BCUT2D eigenvalue weighted by molar-refractivity contribution is 7.09. The van der Waals surface area contributed by atoms with E-state index >= 15 is 0 Å². The van der Waals surface area contributed by atoms with Crippen LogP contribution < -0.4 is 14.8 Å². The fraction of sp³-hybridized carbons (Fsp3) is 0.300. The van der Waals surface area contributed by atoms with Gasteiger partial charge in [0.25, 0.3) is 0 Å². The maximum Gasteiger partial charge on any atom is 0.229 e. The summed E-state index contributed by atoms with van der Waals surface area (Å²) in [6.07, 6.45) is 0. The van der Waals surface area contributed by atoms with Gasteiger partial charge >= 0.3 is 0 Å². The minimum Gasteiger partial charge on any atom is -0.497 e. The highest BCUT2D eigenvalue weighted by Gasteiger charge is 2.11. The summed E-state index contributed by atoms with van der Waals surface area (Å²) in [6.45, 7) is 1.96. The Morgan fingerprint density at radius 1 is 1.24 bits per heavy atom. The van der Waals surface area contributed by atoms with Gasteiger partial charge in [-0.2, -0.15) is 0 Å². The largest absolute Gasteiger partial charge is 0.497 e. The van der Waals surface area contributed by atoms with Crippen molar-refractivity contribution in [2.45, 2.75) is 6.92 Å². The second-order valence-electron chi connectivity index (χ2n) is 3.31.